The molecule has 0 saturated heterocycles. The summed E-state index contributed by atoms with van der Waals surface area (Å²) in [6, 6.07) is 6.66. The quantitative estimate of drug-likeness (QED) is 0.851. The molecule has 0 aliphatic heterocycles. The molecule has 1 aliphatic carbocycles. The van der Waals surface area contributed by atoms with Gasteiger partial charge in [-0.15, -0.1) is 0 Å². The summed E-state index contributed by atoms with van der Waals surface area (Å²) in [7, 11) is 0. The summed E-state index contributed by atoms with van der Waals surface area (Å²) in [6.45, 7) is 2.29. The maximum atomic E-state index is 13.2. The summed E-state index contributed by atoms with van der Waals surface area (Å²) < 4.78 is 42.3. The van der Waals surface area contributed by atoms with Gasteiger partial charge in [0.05, 0.1) is 11.3 Å². The number of aromatic nitrogens is 2. The summed E-state index contributed by atoms with van der Waals surface area (Å²) >= 11 is 0. The molecule has 1 aromatic heterocycles. The fourth-order valence-corrected chi connectivity index (χ4v) is 2.68. The van der Waals surface area contributed by atoms with E-state index in [1.54, 1.807) is 4.68 Å². The van der Waals surface area contributed by atoms with Crippen LogP contribution in [0, 0.1) is 0 Å². The first-order valence-electron chi connectivity index (χ1n) is 6.93. The normalized spacial score (nSPS) is 15.4. The van der Waals surface area contributed by atoms with Gasteiger partial charge in [-0.25, -0.2) is 4.68 Å². The third-order valence-corrected chi connectivity index (χ3v) is 3.75. The Kier molecular flexibility index (Phi) is 3.19. The highest BCUT2D eigenvalue weighted by atomic mass is 19.4. The van der Waals surface area contributed by atoms with E-state index in [-0.39, 0.29) is 5.69 Å². The summed E-state index contributed by atoms with van der Waals surface area (Å²) in [6.07, 6.45) is -2.51. The number of halogens is 3. The lowest BCUT2D eigenvalue weighted by Gasteiger charge is -2.17. The van der Waals surface area contributed by atoms with Gasteiger partial charge in [0.15, 0.2) is 0 Å². The van der Waals surface area contributed by atoms with Gasteiger partial charge in [0.2, 0.25) is 0 Å². The lowest BCUT2D eigenvalue weighted by molar-refractivity contribution is -0.137. The molecule has 0 atom stereocenters. The lowest BCUT2D eigenvalue weighted by Crippen LogP contribution is -2.24. The molecule has 1 fully saturated rings. The van der Waals surface area contributed by atoms with Crippen LogP contribution in [0.4, 0.5) is 13.2 Å². The predicted octanol–water partition coefficient (Wildman–Crippen LogP) is 3.56. The van der Waals surface area contributed by atoms with Crippen molar-refractivity contribution in [1.82, 2.24) is 9.36 Å². The molecule has 1 saturated carbocycles. The SMILES string of the molecule is CCn1c(C2CC2)cc(=O)n1-c1ccccc1C(F)(F)F. The minimum absolute atomic E-state index is 0.108. The van der Waals surface area contributed by atoms with Gasteiger partial charge >= 0.3 is 6.18 Å². The molecular formula is C15H15F3N2O. The average molecular weight is 296 g/mol. The van der Waals surface area contributed by atoms with Crippen LogP contribution >= 0.6 is 0 Å². The Hall–Kier alpha value is -1.98. The molecule has 0 unspecified atom stereocenters. The molecule has 0 amide bonds. The fourth-order valence-electron chi connectivity index (χ4n) is 2.68. The van der Waals surface area contributed by atoms with Crippen molar-refractivity contribution in [3.8, 4) is 5.69 Å². The second-order valence-electron chi connectivity index (χ2n) is 5.22. The van der Waals surface area contributed by atoms with E-state index in [0.29, 0.717) is 12.5 Å². The Labute approximate surface area is 119 Å². The van der Waals surface area contributed by atoms with E-state index >= 15 is 0 Å². The summed E-state index contributed by atoms with van der Waals surface area (Å²) in [4.78, 5) is 12.2. The highest BCUT2D eigenvalue weighted by Crippen LogP contribution is 2.40. The molecule has 0 N–H and O–H groups in total. The minimum Gasteiger partial charge on any atom is -0.282 e. The minimum atomic E-state index is -4.49. The smallest absolute Gasteiger partial charge is 0.282 e. The van der Waals surface area contributed by atoms with Gasteiger partial charge in [0, 0.05) is 24.2 Å². The number of rotatable bonds is 3. The van der Waals surface area contributed by atoms with Crippen molar-refractivity contribution >= 4 is 0 Å². The number of para-hydroxylation sites is 1. The second kappa shape index (κ2) is 4.79. The van der Waals surface area contributed by atoms with Crippen LogP contribution in [0.5, 0.6) is 0 Å². The lowest BCUT2D eigenvalue weighted by atomic mass is 10.1. The summed E-state index contributed by atoms with van der Waals surface area (Å²) in [5.41, 5.74) is -0.471. The number of hydrogen-bond donors (Lipinski definition) is 0. The number of benzene rings is 1. The van der Waals surface area contributed by atoms with Crippen molar-refractivity contribution in [1.29, 1.82) is 0 Å². The first-order chi connectivity index (χ1) is 9.93. The van der Waals surface area contributed by atoms with E-state index in [1.807, 2.05) is 6.92 Å². The number of hydrogen-bond acceptors (Lipinski definition) is 1. The Balaban J connectivity index is 2.24. The first-order valence-corrected chi connectivity index (χ1v) is 6.93. The molecule has 1 heterocycles. The van der Waals surface area contributed by atoms with Gasteiger partial charge < -0.3 is 0 Å². The van der Waals surface area contributed by atoms with Crippen LogP contribution in [0.15, 0.2) is 35.1 Å². The predicted molar refractivity (Wildman–Crippen MR) is 72.7 cm³/mol. The maximum absolute atomic E-state index is 13.2. The largest absolute Gasteiger partial charge is 0.418 e. The van der Waals surface area contributed by atoms with E-state index in [0.717, 1.165) is 29.3 Å². The molecular weight excluding hydrogens is 281 g/mol. The highest BCUT2D eigenvalue weighted by molar-refractivity contribution is 5.43. The third-order valence-electron chi connectivity index (χ3n) is 3.75. The second-order valence-corrected chi connectivity index (χ2v) is 5.22. The highest BCUT2D eigenvalue weighted by Gasteiger charge is 2.35. The Morgan fingerprint density at radius 2 is 1.90 bits per heavy atom. The van der Waals surface area contributed by atoms with Crippen molar-refractivity contribution < 1.29 is 13.2 Å². The van der Waals surface area contributed by atoms with Gasteiger partial charge in [-0.3, -0.25) is 9.48 Å². The molecule has 112 valence electrons. The summed E-state index contributed by atoms with van der Waals surface area (Å²) in [5, 5.41) is 0. The molecule has 1 aromatic carbocycles. The van der Waals surface area contributed by atoms with Crippen molar-refractivity contribution in [3.63, 3.8) is 0 Å². The number of alkyl halides is 3. The van der Waals surface area contributed by atoms with Crippen LogP contribution in [0.2, 0.25) is 0 Å². The van der Waals surface area contributed by atoms with E-state index < -0.39 is 17.3 Å². The van der Waals surface area contributed by atoms with Gasteiger partial charge in [-0.05, 0) is 31.9 Å². The van der Waals surface area contributed by atoms with Gasteiger partial charge in [0.1, 0.15) is 0 Å². The first kappa shape index (κ1) is 14.0. The molecule has 6 heteroatoms. The molecule has 0 bridgehead atoms. The zero-order valence-electron chi connectivity index (χ0n) is 11.5. The number of nitrogens with zero attached hydrogens (tertiary/aromatic N) is 2. The van der Waals surface area contributed by atoms with Crippen LogP contribution in [0.25, 0.3) is 5.69 Å². The Bertz CT molecular complexity index is 723. The fraction of sp³-hybridized carbons (Fsp3) is 0.400. The van der Waals surface area contributed by atoms with Crippen molar-refractivity contribution in [2.45, 2.75) is 38.4 Å². The zero-order chi connectivity index (χ0) is 15.2. The van der Waals surface area contributed by atoms with Crippen LogP contribution < -0.4 is 5.56 Å². The van der Waals surface area contributed by atoms with Crippen LogP contribution in [-0.4, -0.2) is 9.36 Å². The van der Waals surface area contributed by atoms with Crippen LogP contribution in [-0.2, 0) is 12.7 Å². The molecule has 3 rings (SSSR count). The topological polar surface area (TPSA) is 26.9 Å². The monoisotopic (exact) mass is 296 g/mol. The Morgan fingerprint density at radius 1 is 1.24 bits per heavy atom. The third kappa shape index (κ3) is 2.39. The molecule has 0 spiro atoms. The van der Waals surface area contributed by atoms with Crippen molar-refractivity contribution in [2.24, 2.45) is 0 Å². The molecule has 21 heavy (non-hydrogen) atoms. The van der Waals surface area contributed by atoms with Crippen molar-refractivity contribution in [3.05, 3.63) is 51.9 Å². The van der Waals surface area contributed by atoms with E-state index in [2.05, 4.69) is 0 Å². The Morgan fingerprint density at radius 3 is 2.48 bits per heavy atom. The maximum Gasteiger partial charge on any atom is 0.418 e. The summed E-state index contributed by atoms with van der Waals surface area (Å²) in [5.74, 6) is 0.303. The van der Waals surface area contributed by atoms with Gasteiger partial charge in [-0.1, -0.05) is 12.1 Å². The van der Waals surface area contributed by atoms with E-state index in [9.17, 15) is 18.0 Å². The molecule has 0 radical (unpaired) electrons. The van der Waals surface area contributed by atoms with Crippen molar-refractivity contribution in [2.75, 3.05) is 0 Å². The molecule has 1 aliphatic rings. The molecule has 2 aromatic rings. The average Bonchev–Trinajstić information content (AvgIpc) is 3.21. The van der Waals surface area contributed by atoms with E-state index in [1.165, 1.54) is 24.3 Å². The standard InChI is InChI=1S/C15H15F3N2O/c1-2-19-13(10-7-8-10)9-14(21)20(19)12-6-4-3-5-11(12)15(16,17)18/h3-6,9-10H,2,7-8H2,1H3. The van der Waals surface area contributed by atoms with Crippen LogP contribution in [0.3, 0.4) is 0 Å². The van der Waals surface area contributed by atoms with E-state index in [4.69, 9.17) is 0 Å². The van der Waals surface area contributed by atoms with Gasteiger partial charge in [-0.2, -0.15) is 13.2 Å². The zero-order valence-corrected chi connectivity index (χ0v) is 11.5. The van der Waals surface area contributed by atoms with Crippen LogP contribution in [0.1, 0.15) is 36.9 Å². The molecule has 3 nitrogen and oxygen atoms in total. The van der Waals surface area contributed by atoms with Gasteiger partial charge in [0.25, 0.3) is 5.56 Å².